The number of benzene rings is 2. The third-order valence-electron chi connectivity index (χ3n) is 7.63. The first-order valence-electron chi connectivity index (χ1n) is 14.0. The number of piperidine rings is 1. The number of hydrogen-bond donors (Lipinski definition) is 4. The number of likely N-dealkylation sites (tertiary alicyclic amines) is 1. The van der Waals surface area contributed by atoms with Crippen LogP contribution in [0.2, 0.25) is 5.02 Å². The summed E-state index contributed by atoms with van der Waals surface area (Å²) >= 11 is 6.23. The van der Waals surface area contributed by atoms with Gasteiger partial charge in [0.2, 0.25) is 5.91 Å². The molecule has 1 spiro atoms. The van der Waals surface area contributed by atoms with E-state index in [-0.39, 0.29) is 44.5 Å². The Labute approximate surface area is 260 Å². The van der Waals surface area contributed by atoms with E-state index >= 15 is 0 Å². The van der Waals surface area contributed by atoms with Gasteiger partial charge in [0, 0.05) is 42.0 Å². The Morgan fingerprint density at radius 2 is 1.87 bits per heavy atom. The molecule has 2 aromatic carbocycles. The van der Waals surface area contributed by atoms with Gasteiger partial charge >= 0.3 is 24.3 Å². The molecule has 2 aliphatic rings. The maximum Gasteiger partial charge on any atom is 0.471 e. The molecule has 5 amide bonds. The van der Waals surface area contributed by atoms with Crippen molar-refractivity contribution in [3.8, 4) is 0 Å². The molecule has 2 heterocycles. The summed E-state index contributed by atoms with van der Waals surface area (Å²) in [5.41, 5.74) is 0.341. The van der Waals surface area contributed by atoms with Crippen molar-refractivity contribution >= 4 is 52.9 Å². The van der Waals surface area contributed by atoms with Crippen LogP contribution in [0.3, 0.4) is 0 Å². The average molecular weight is 654 g/mol. The van der Waals surface area contributed by atoms with Gasteiger partial charge in [-0.1, -0.05) is 11.6 Å². The van der Waals surface area contributed by atoms with E-state index in [1.807, 2.05) is 0 Å². The summed E-state index contributed by atoms with van der Waals surface area (Å²) < 4.78 is 43.3. The second-order valence-corrected chi connectivity index (χ2v) is 11.2. The van der Waals surface area contributed by atoms with Gasteiger partial charge in [0.25, 0.3) is 5.91 Å². The maximum atomic E-state index is 13.9. The summed E-state index contributed by atoms with van der Waals surface area (Å²) in [6.45, 7) is -0.0401. The number of rotatable bonds is 9. The zero-order chi connectivity index (χ0) is 32.9. The van der Waals surface area contributed by atoms with Crippen LogP contribution >= 0.6 is 11.6 Å². The number of alkyl halides is 3. The van der Waals surface area contributed by atoms with Gasteiger partial charge in [0.05, 0.1) is 12.2 Å². The Morgan fingerprint density at radius 1 is 1.16 bits per heavy atom. The van der Waals surface area contributed by atoms with Gasteiger partial charge in [-0.25, -0.2) is 9.59 Å². The molecular formula is C29H31ClF3N5O7. The molecule has 0 radical (unpaired) electrons. The third-order valence-corrected chi connectivity index (χ3v) is 7.87. The summed E-state index contributed by atoms with van der Waals surface area (Å²) in [6, 6.07) is 9.42. The lowest BCUT2D eigenvalue weighted by Gasteiger charge is -2.45. The molecule has 12 nitrogen and oxygen atoms in total. The highest BCUT2D eigenvalue weighted by Crippen LogP contribution is 2.43. The molecule has 2 aliphatic heterocycles. The second kappa shape index (κ2) is 13.6. The van der Waals surface area contributed by atoms with Crippen LogP contribution < -0.4 is 20.9 Å². The molecule has 0 aliphatic carbocycles. The van der Waals surface area contributed by atoms with Crippen molar-refractivity contribution in [1.82, 2.24) is 15.5 Å². The molecule has 0 aromatic heterocycles. The molecule has 1 fully saturated rings. The number of carbonyl (C=O) groups excluding carboxylic acids is 4. The van der Waals surface area contributed by atoms with Crippen molar-refractivity contribution in [3.05, 3.63) is 58.6 Å². The van der Waals surface area contributed by atoms with Gasteiger partial charge in [-0.15, -0.1) is 0 Å². The van der Waals surface area contributed by atoms with Crippen LogP contribution in [0.15, 0.2) is 42.5 Å². The number of ether oxygens (including phenoxy) is 1. The smallest absolute Gasteiger partial charge is 0.465 e. The van der Waals surface area contributed by atoms with E-state index in [1.54, 1.807) is 23.5 Å². The zero-order valence-electron chi connectivity index (χ0n) is 24.1. The number of halogens is 4. The molecule has 4 rings (SSSR count). The second-order valence-electron chi connectivity index (χ2n) is 10.7. The molecular weight excluding hydrogens is 623 g/mol. The predicted octanol–water partition coefficient (Wildman–Crippen LogP) is 4.48. The largest absolute Gasteiger partial charge is 0.471 e. The molecule has 2 aromatic rings. The molecule has 0 unspecified atom stereocenters. The predicted molar refractivity (Wildman–Crippen MR) is 156 cm³/mol. The number of carboxylic acid groups (broad SMARTS) is 1. The lowest BCUT2D eigenvalue weighted by Crippen LogP contribution is -2.57. The number of nitrogens with zero attached hydrogens (tertiary/aromatic N) is 2. The number of amides is 5. The van der Waals surface area contributed by atoms with Crippen LogP contribution in [0, 0.1) is 0 Å². The topological polar surface area (TPSA) is 157 Å². The molecule has 0 bridgehead atoms. The first kappa shape index (κ1) is 33.4. The van der Waals surface area contributed by atoms with Crippen LogP contribution in [0.5, 0.6) is 0 Å². The molecule has 16 heteroatoms. The highest BCUT2D eigenvalue weighted by molar-refractivity contribution is 6.30. The minimum absolute atomic E-state index is 0.0273. The van der Waals surface area contributed by atoms with Gasteiger partial charge < -0.3 is 25.4 Å². The summed E-state index contributed by atoms with van der Waals surface area (Å²) in [5.74, 6) is -3.21. The first-order valence-corrected chi connectivity index (χ1v) is 14.4. The maximum absolute atomic E-state index is 13.9. The third kappa shape index (κ3) is 7.95. The summed E-state index contributed by atoms with van der Waals surface area (Å²) in [4.78, 5) is 64.3. The number of nitrogens with one attached hydrogen (secondary N) is 3. The first-order chi connectivity index (χ1) is 21.2. The normalized spacial score (nSPS) is 18.2. The molecule has 1 saturated heterocycles. The highest BCUT2D eigenvalue weighted by atomic mass is 35.5. The lowest BCUT2D eigenvalue weighted by molar-refractivity contribution is -0.173. The van der Waals surface area contributed by atoms with E-state index in [2.05, 4.69) is 10.6 Å². The molecule has 0 saturated carbocycles. The highest BCUT2D eigenvalue weighted by Gasteiger charge is 2.47. The van der Waals surface area contributed by atoms with Crippen LogP contribution in [0.1, 0.15) is 48.0 Å². The number of fused-ring (bicyclic) bond motifs is 2. The minimum atomic E-state index is -5.02. The van der Waals surface area contributed by atoms with Crippen LogP contribution in [0.25, 0.3) is 0 Å². The monoisotopic (exact) mass is 653 g/mol. The lowest BCUT2D eigenvalue weighted by atomic mass is 9.83. The van der Waals surface area contributed by atoms with Crippen molar-refractivity contribution in [2.75, 3.05) is 36.9 Å². The van der Waals surface area contributed by atoms with Gasteiger partial charge in [0.1, 0.15) is 6.04 Å². The molecule has 4 N–H and O–H groups in total. The average Bonchev–Trinajstić information content (AvgIpc) is 2.99. The summed E-state index contributed by atoms with van der Waals surface area (Å²) in [6.07, 6.45) is -5.76. The Hall–Kier alpha value is -4.53. The Bertz CT molecular complexity index is 1470. The van der Waals surface area contributed by atoms with Crippen molar-refractivity contribution in [2.45, 2.75) is 49.9 Å². The standard InChI is InChI=1S/C29H31ClF3N5O7/c1-37(27(43)44)19-9-6-17(7-10-19)23(39)35-22(5-2-3-13-34-25(41)29(31,32)33)24(40)38-14-4-12-28(16-38)20-15-18(30)8-11-21(20)36-26(42)45-28/h6-11,15,22H,2-5,12-14,16H2,1H3,(H,34,41)(H,35,39)(H,36,42)(H,43,44)/t22-,28-/m0/s1. The summed E-state index contributed by atoms with van der Waals surface area (Å²) in [7, 11) is 1.33. The van der Waals surface area contributed by atoms with Gasteiger partial charge in [-0.2, -0.15) is 13.2 Å². The Morgan fingerprint density at radius 3 is 2.53 bits per heavy atom. The fraction of sp³-hybridized carbons (Fsp3) is 0.414. The summed E-state index contributed by atoms with van der Waals surface area (Å²) in [5, 5.41) is 16.7. The van der Waals surface area contributed by atoms with Crippen LogP contribution in [0.4, 0.5) is 34.1 Å². The van der Waals surface area contributed by atoms with Crippen molar-refractivity contribution in [1.29, 1.82) is 0 Å². The van der Waals surface area contributed by atoms with E-state index in [1.165, 1.54) is 36.2 Å². The van der Waals surface area contributed by atoms with E-state index < -0.39 is 47.7 Å². The molecule has 2 atom stereocenters. The quantitative estimate of drug-likeness (QED) is 0.291. The number of carbonyl (C=O) groups is 5. The van der Waals surface area contributed by atoms with Crippen molar-refractivity contribution in [2.24, 2.45) is 0 Å². The number of hydrogen-bond acceptors (Lipinski definition) is 6. The van der Waals surface area contributed by atoms with Crippen molar-refractivity contribution < 1.29 is 47.0 Å². The Balaban J connectivity index is 1.51. The SMILES string of the molecule is CN(C(=O)O)c1ccc(C(=O)N[C@@H](CCCCNC(=O)C(F)(F)F)C(=O)N2CCC[C@@]3(C2)OC(=O)Nc2ccc(Cl)cc23)cc1. The fourth-order valence-corrected chi connectivity index (χ4v) is 5.50. The Kier molecular flexibility index (Phi) is 10.1. The van der Waals surface area contributed by atoms with E-state index in [9.17, 15) is 42.3 Å². The van der Waals surface area contributed by atoms with Gasteiger partial charge in [0.15, 0.2) is 5.60 Å². The molecule has 242 valence electrons. The van der Waals surface area contributed by atoms with E-state index in [4.69, 9.17) is 16.3 Å². The van der Waals surface area contributed by atoms with E-state index in [0.717, 1.165) is 4.90 Å². The molecule has 45 heavy (non-hydrogen) atoms. The number of anilines is 2. The van der Waals surface area contributed by atoms with E-state index in [0.29, 0.717) is 34.8 Å². The zero-order valence-corrected chi connectivity index (χ0v) is 24.8. The minimum Gasteiger partial charge on any atom is -0.465 e. The van der Waals surface area contributed by atoms with Gasteiger partial charge in [-0.05, 0) is 74.6 Å². The van der Waals surface area contributed by atoms with Gasteiger partial charge in [-0.3, -0.25) is 24.6 Å². The fourth-order valence-electron chi connectivity index (χ4n) is 5.33. The van der Waals surface area contributed by atoms with Crippen LogP contribution in [-0.2, 0) is 19.9 Å². The van der Waals surface area contributed by atoms with Crippen LogP contribution in [-0.4, -0.2) is 78.8 Å². The number of unbranched alkanes of at least 4 members (excludes halogenated alkanes) is 1. The van der Waals surface area contributed by atoms with Crippen molar-refractivity contribution in [3.63, 3.8) is 0 Å².